The summed E-state index contributed by atoms with van der Waals surface area (Å²) in [7, 11) is 3.91. The number of nitrogens with zero attached hydrogens (tertiary/aromatic N) is 5. The average molecular weight is 317 g/mol. The minimum Gasteiger partial charge on any atom is -0.338 e. The Hall–Kier alpha value is -2.15. The molecular weight excluding hydrogens is 294 g/mol. The van der Waals surface area contributed by atoms with E-state index in [1.165, 1.54) is 0 Å². The van der Waals surface area contributed by atoms with Crippen molar-refractivity contribution in [2.75, 3.05) is 46.8 Å². The molecule has 2 saturated heterocycles. The Kier molecular flexibility index (Phi) is 4.47. The van der Waals surface area contributed by atoms with E-state index in [1.54, 1.807) is 17.2 Å². The molecule has 7 heteroatoms. The van der Waals surface area contributed by atoms with Gasteiger partial charge in [-0.15, -0.1) is 0 Å². The standard InChI is InChI=1S/C16H23N5O2/c1-18(2)7-3-5-15(22)19-9-13(10-19)16(23)20-11-14(12-20)21-8-4-6-17-21/h3-6,8,13-14H,7,9-12H2,1-2H3. The quantitative estimate of drug-likeness (QED) is 0.708. The van der Waals surface area contributed by atoms with Crippen LogP contribution < -0.4 is 0 Å². The second kappa shape index (κ2) is 6.54. The van der Waals surface area contributed by atoms with Crippen molar-refractivity contribution in [2.45, 2.75) is 6.04 Å². The minimum absolute atomic E-state index is 0.00562. The second-order valence-corrected chi connectivity index (χ2v) is 6.49. The van der Waals surface area contributed by atoms with E-state index in [-0.39, 0.29) is 17.7 Å². The lowest BCUT2D eigenvalue weighted by Crippen LogP contribution is -2.60. The Morgan fingerprint density at radius 3 is 2.57 bits per heavy atom. The number of likely N-dealkylation sites (tertiary alicyclic amines) is 2. The monoisotopic (exact) mass is 317 g/mol. The third-order valence-electron chi connectivity index (χ3n) is 4.35. The lowest BCUT2D eigenvalue weighted by Gasteiger charge is -2.45. The van der Waals surface area contributed by atoms with Crippen LogP contribution in [-0.4, -0.2) is 83.1 Å². The van der Waals surface area contributed by atoms with Gasteiger partial charge in [0.25, 0.3) is 0 Å². The van der Waals surface area contributed by atoms with Crippen LogP contribution in [0, 0.1) is 5.92 Å². The number of carbonyl (C=O) groups is 2. The highest BCUT2D eigenvalue weighted by Crippen LogP contribution is 2.26. The van der Waals surface area contributed by atoms with Gasteiger partial charge in [-0.1, -0.05) is 6.08 Å². The van der Waals surface area contributed by atoms with E-state index in [0.717, 1.165) is 6.54 Å². The van der Waals surface area contributed by atoms with Crippen molar-refractivity contribution in [1.82, 2.24) is 24.5 Å². The molecule has 2 fully saturated rings. The number of carbonyl (C=O) groups excluding carboxylic acids is 2. The van der Waals surface area contributed by atoms with E-state index in [4.69, 9.17) is 0 Å². The summed E-state index contributed by atoms with van der Waals surface area (Å²) in [5, 5.41) is 4.20. The van der Waals surface area contributed by atoms with Crippen molar-refractivity contribution >= 4 is 11.8 Å². The smallest absolute Gasteiger partial charge is 0.246 e. The van der Waals surface area contributed by atoms with E-state index in [0.29, 0.717) is 32.2 Å². The third kappa shape index (κ3) is 3.44. The summed E-state index contributed by atoms with van der Waals surface area (Å²) in [5.74, 6) is 0.114. The lowest BCUT2D eigenvalue weighted by atomic mass is 9.95. The van der Waals surface area contributed by atoms with Crippen molar-refractivity contribution in [3.05, 3.63) is 30.6 Å². The number of hydrogen-bond donors (Lipinski definition) is 0. The van der Waals surface area contributed by atoms with Crippen molar-refractivity contribution in [3.63, 3.8) is 0 Å². The van der Waals surface area contributed by atoms with Gasteiger partial charge in [-0.25, -0.2) is 0 Å². The van der Waals surface area contributed by atoms with Crippen LogP contribution in [0.25, 0.3) is 0 Å². The molecule has 3 rings (SSSR count). The maximum absolute atomic E-state index is 12.3. The Morgan fingerprint density at radius 2 is 1.96 bits per heavy atom. The molecule has 2 aliphatic heterocycles. The molecule has 0 atom stereocenters. The molecule has 0 spiro atoms. The highest BCUT2D eigenvalue weighted by molar-refractivity contribution is 5.90. The Morgan fingerprint density at radius 1 is 1.22 bits per heavy atom. The first-order valence-corrected chi connectivity index (χ1v) is 7.92. The number of rotatable bonds is 5. The molecule has 0 bridgehead atoms. The third-order valence-corrected chi connectivity index (χ3v) is 4.35. The summed E-state index contributed by atoms with van der Waals surface area (Å²) in [6, 6.07) is 2.18. The van der Waals surface area contributed by atoms with Crippen molar-refractivity contribution in [3.8, 4) is 0 Å². The molecule has 0 aromatic carbocycles. The van der Waals surface area contributed by atoms with Crippen molar-refractivity contribution in [2.24, 2.45) is 5.92 Å². The molecule has 0 aliphatic carbocycles. The molecule has 3 heterocycles. The molecule has 1 aromatic heterocycles. The van der Waals surface area contributed by atoms with E-state index in [9.17, 15) is 9.59 Å². The van der Waals surface area contributed by atoms with Crippen LogP contribution in [0.1, 0.15) is 6.04 Å². The molecule has 23 heavy (non-hydrogen) atoms. The number of hydrogen-bond acceptors (Lipinski definition) is 4. The van der Waals surface area contributed by atoms with E-state index >= 15 is 0 Å². The van der Waals surface area contributed by atoms with Gasteiger partial charge in [-0.05, 0) is 20.2 Å². The van der Waals surface area contributed by atoms with Crippen LogP contribution in [0.15, 0.2) is 30.6 Å². The first-order chi connectivity index (χ1) is 11.0. The average Bonchev–Trinajstić information content (AvgIpc) is 2.88. The van der Waals surface area contributed by atoms with E-state index in [1.807, 2.05) is 46.9 Å². The number of amides is 2. The summed E-state index contributed by atoms with van der Waals surface area (Å²) < 4.78 is 1.90. The number of aromatic nitrogens is 2. The zero-order valence-corrected chi connectivity index (χ0v) is 13.6. The van der Waals surface area contributed by atoms with Gasteiger partial charge in [0.05, 0.1) is 12.0 Å². The Balaban J connectivity index is 1.39. The summed E-state index contributed by atoms with van der Waals surface area (Å²) in [6.45, 7) is 3.24. The normalized spacial score (nSPS) is 19.3. The predicted octanol–water partition coefficient (Wildman–Crippen LogP) is -0.157. The summed E-state index contributed by atoms with van der Waals surface area (Å²) in [4.78, 5) is 29.8. The van der Waals surface area contributed by atoms with Gasteiger partial charge in [0.2, 0.25) is 11.8 Å². The largest absolute Gasteiger partial charge is 0.338 e. The Bertz CT molecular complexity index is 584. The summed E-state index contributed by atoms with van der Waals surface area (Å²) in [5.41, 5.74) is 0. The van der Waals surface area contributed by atoms with Crippen LogP contribution in [0.2, 0.25) is 0 Å². The SMILES string of the molecule is CN(C)CC=CC(=O)N1CC(C(=O)N2CC(n3cccn3)C2)C1. The topological polar surface area (TPSA) is 61.7 Å². The van der Waals surface area contributed by atoms with Crippen LogP contribution in [0.3, 0.4) is 0 Å². The maximum atomic E-state index is 12.3. The highest BCUT2D eigenvalue weighted by atomic mass is 16.2. The van der Waals surface area contributed by atoms with Gasteiger partial charge in [0.15, 0.2) is 0 Å². The van der Waals surface area contributed by atoms with Crippen LogP contribution in [-0.2, 0) is 9.59 Å². The van der Waals surface area contributed by atoms with Gasteiger partial charge in [0, 0.05) is 51.2 Å². The van der Waals surface area contributed by atoms with E-state index in [2.05, 4.69) is 5.10 Å². The zero-order chi connectivity index (χ0) is 16.4. The summed E-state index contributed by atoms with van der Waals surface area (Å²) >= 11 is 0. The van der Waals surface area contributed by atoms with Crippen molar-refractivity contribution in [1.29, 1.82) is 0 Å². The molecule has 2 amide bonds. The molecule has 1 aromatic rings. The van der Waals surface area contributed by atoms with Crippen LogP contribution in [0.5, 0.6) is 0 Å². The zero-order valence-electron chi connectivity index (χ0n) is 13.6. The molecule has 2 aliphatic rings. The summed E-state index contributed by atoms with van der Waals surface area (Å²) in [6.07, 6.45) is 7.12. The fourth-order valence-corrected chi connectivity index (χ4v) is 2.84. The van der Waals surface area contributed by atoms with Crippen molar-refractivity contribution < 1.29 is 9.59 Å². The minimum atomic E-state index is -0.0419. The van der Waals surface area contributed by atoms with Gasteiger partial charge < -0.3 is 14.7 Å². The van der Waals surface area contributed by atoms with Gasteiger partial charge in [-0.3, -0.25) is 14.3 Å². The second-order valence-electron chi connectivity index (χ2n) is 6.49. The van der Waals surface area contributed by atoms with Crippen LogP contribution in [0.4, 0.5) is 0 Å². The van der Waals surface area contributed by atoms with E-state index < -0.39 is 0 Å². The molecular formula is C16H23N5O2. The van der Waals surface area contributed by atoms with Crippen LogP contribution >= 0.6 is 0 Å². The molecule has 124 valence electrons. The Labute approximate surface area is 136 Å². The van der Waals surface area contributed by atoms with Gasteiger partial charge in [0.1, 0.15) is 0 Å². The van der Waals surface area contributed by atoms with Gasteiger partial charge >= 0.3 is 0 Å². The fourth-order valence-electron chi connectivity index (χ4n) is 2.84. The van der Waals surface area contributed by atoms with Gasteiger partial charge in [-0.2, -0.15) is 5.10 Å². The lowest BCUT2D eigenvalue weighted by molar-refractivity contribution is -0.150. The highest BCUT2D eigenvalue weighted by Gasteiger charge is 2.41. The molecule has 0 unspecified atom stereocenters. The first-order valence-electron chi connectivity index (χ1n) is 7.92. The molecule has 7 nitrogen and oxygen atoms in total. The first kappa shape index (κ1) is 15.7. The molecule has 0 radical (unpaired) electrons. The fraction of sp³-hybridized carbons (Fsp3) is 0.562. The molecule has 0 saturated carbocycles. The number of likely N-dealkylation sites (N-methyl/N-ethyl adjacent to an activating group) is 1. The maximum Gasteiger partial charge on any atom is 0.246 e. The molecule has 0 N–H and O–H groups in total. The predicted molar refractivity (Wildman–Crippen MR) is 85.6 cm³/mol.